The van der Waals surface area contributed by atoms with Crippen LogP contribution < -0.4 is 4.72 Å². The predicted octanol–water partition coefficient (Wildman–Crippen LogP) is 13.6. The molecule has 1 rings (SSSR count). The topological polar surface area (TPSA) is 73.9 Å². The molecule has 0 saturated carbocycles. The van der Waals surface area contributed by atoms with Crippen LogP contribution >= 0.6 is 0 Å². The normalized spacial score (nSPS) is 16.5. The van der Waals surface area contributed by atoms with Gasteiger partial charge in [0.05, 0.1) is 23.6 Å². The molecule has 0 radical (unpaired) electrons. The zero-order valence-electron chi connectivity index (χ0n) is 38.5. The van der Waals surface area contributed by atoms with Crippen LogP contribution in [0.5, 0.6) is 0 Å². The highest BCUT2D eigenvalue weighted by atomic mass is 32.2. The Morgan fingerprint density at radius 2 is 1.17 bits per heavy atom. The summed E-state index contributed by atoms with van der Waals surface area (Å²) in [5.41, 5.74) is 1.02. The van der Waals surface area contributed by atoms with Gasteiger partial charge in [-0.25, -0.2) is 13.1 Å². The average Bonchev–Trinajstić information content (AvgIpc) is 3.02. The summed E-state index contributed by atoms with van der Waals surface area (Å²) in [7, 11) is -10.0. The number of nitrogens with one attached hydrogen (secondary N) is 1. The maximum atomic E-state index is 13.8. The minimum Gasteiger partial charge on any atom is -0.415 e. The second kappa shape index (κ2) is 21.4. The Hall–Kier alpha value is -0.599. The fourth-order valence-electron chi connectivity index (χ4n) is 5.47. The minimum atomic E-state index is -3.81. The first-order valence-electron chi connectivity index (χ1n) is 21.2. The average molecular weight is 827 g/mol. The number of hydrogen-bond acceptors (Lipinski definition) is 5. The predicted molar refractivity (Wildman–Crippen MR) is 243 cm³/mol. The molecule has 0 unspecified atom stereocenters. The molecule has 1 aromatic rings. The lowest BCUT2D eigenvalue weighted by Crippen LogP contribution is -2.54. The van der Waals surface area contributed by atoms with E-state index in [1.54, 1.807) is 12.1 Å². The third-order valence-corrected chi connectivity index (χ3v) is 27.9. The summed E-state index contributed by atoms with van der Waals surface area (Å²) >= 11 is 0. The smallest absolute Gasteiger partial charge is 0.240 e. The third kappa shape index (κ3) is 17.1. The van der Waals surface area contributed by atoms with Crippen LogP contribution in [-0.4, -0.2) is 58.2 Å². The van der Waals surface area contributed by atoms with Gasteiger partial charge in [0.15, 0.2) is 25.0 Å². The Morgan fingerprint density at radius 1 is 0.704 bits per heavy atom. The van der Waals surface area contributed by atoms with Crippen molar-refractivity contribution >= 4 is 35.0 Å². The highest BCUT2D eigenvalue weighted by Gasteiger charge is 2.43. The molecule has 54 heavy (non-hydrogen) atoms. The van der Waals surface area contributed by atoms with Crippen molar-refractivity contribution < 1.29 is 21.7 Å². The van der Waals surface area contributed by atoms with E-state index in [1.807, 2.05) is 19.1 Å². The highest BCUT2D eigenvalue weighted by Crippen LogP contribution is 2.40. The van der Waals surface area contributed by atoms with Gasteiger partial charge in [0.25, 0.3) is 0 Å². The van der Waals surface area contributed by atoms with Crippen LogP contribution in [-0.2, 0) is 23.3 Å². The quantitative estimate of drug-likeness (QED) is 0.0638. The van der Waals surface area contributed by atoms with Gasteiger partial charge in [0.1, 0.15) is 0 Å². The van der Waals surface area contributed by atoms with Gasteiger partial charge in [-0.05, 0) is 98.6 Å². The molecule has 0 heterocycles. The molecule has 1 aromatic carbocycles. The first-order valence-corrected chi connectivity index (χ1v) is 31.4. The lowest BCUT2D eigenvalue weighted by molar-refractivity contribution is 0.111. The van der Waals surface area contributed by atoms with Crippen molar-refractivity contribution in [2.24, 2.45) is 5.92 Å². The van der Waals surface area contributed by atoms with E-state index in [4.69, 9.17) is 13.3 Å². The molecule has 6 nitrogen and oxygen atoms in total. The summed E-state index contributed by atoms with van der Waals surface area (Å²) in [6.45, 7) is 40.9. The number of hydrogen-bond donors (Lipinski definition) is 1. The zero-order chi connectivity index (χ0) is 41.8. The Bertz CT molecular complexity index is 1360. The Morgan fingerprint density at radius 3 is 1.65 bits per heavy atom. The summed E-state index contributed by atoms with van der Waals surface area (Å²) in [4.78, 5) is 0.260. The van der Waals surface area contributed by atoms with Gasteiger partial charge in [-0.1, -0.05) is 151 Å². The van der Waals surface area contributed by atoms with Gasteiger partial charge in [-0.15, -0.1) is 0 Å². The summed E-state index contributed by atoms with van der Waals surface area (Å²) in [5, 5.41) is 0.202. The summed E-state index contributed by atoms with van der Waals surface area (Å²) in [6, 6.07) is 6.47. The second-order valence-electron chi connectivity index (χ2n) is 20.7. The van der Waals surface area contributed by atoms with Crippen LogP contribution in [0.25, 0.3) is 0 Å². The van der Waals surface area contributed by atoms with E-state index in [9.17, 15) is 8.42 Å². The van der Waals surface area contributed by atoms with E-state index >= 15 is 0 Å². The van der Waals surface area contributed by atoms with Crippen LogP contribution in [0, 0.1) is 12.8 Å². The van der Waals surface area contributed by atoms with E-state index in [-0.39, 0.29) is 26.6 Å². The van der Waals surface area contributed by atoms with Crippen LogP contribution in [0.1, 0.15) is 146 Å². The van der Waals surface area contributed by atoms with Gasteiger partial charge < -0.3 is 13.3 Å². The molecule has 0 aliphatic carbocycles. The SMILES string of the molecule is CC[C@H](C)[C@@H](CCCCCCCCC/C=C/[C@@H](O[Si](C)(C)C(C)(C)C)[C@H](CO[Si](C)(C)C(C)(C)C)NS(=O)(=O)c1ccc(C)cc1)O[Si](C)(C)C(C)(C)C. The third-order valence-electron chi connectivity index (χ3n) is 12.9. The van der Waals surface area contributed by atoms with Gasteiger partial charge in [0, 0.05) is 6.10 Å². The van der Waals surface area contributed by atoms with E-state index < -0.39 is 47.1 Å². The zero-order valence-corrected chi connectivity index (χ0v) is 42.3. The molecule has 0 saturated heterocycles. The molecule has 0 aliphatic rings. The Kier molecular flexibility index (Phi) is 20.4. The molecule has 0 fully saturated rings. The van der Waals surface area contributed by atoms with Gasteiger partial charge in [-0.3, -0.25) is 0 Å². The fraction of sp³-hybridized carbons (Fsp3) is 0.818. The molecule has 4 atom stereocenters. The number of aryl methyl sites for hydroxylation is 1. The monoisotopic (exact) mass is 826 g/mol. The molecule has 0 aromatic heterocycles. The van der Waals surface area contributed by atoms with Crippen molar-refractivity contribution in [1.82, 2.24) is 4.72 Å². The van der Waals surface area contributed by atoms with Crippen molar-refractivity contribution in [3.8, 4) is 0 Å². The van der Waals surface area contributed by atoms with Crippen molar-refractivity contribution in [3.05, 3.63) is 42.0 Å². The van der Waals surface area contributed by atoms with Crippen LogP contribution in [0.15, 0.2) is 41.3 Å². The first kappa shape index (κ1) is 51.4. The Labute approximate surface area is 339 Å². The van der Waals surface area contributed by atoms with Crippen molar-refractivity contribution in [1.29, 1.82) is 0 Å². The van der Waals surface area contributed by atoms with Crippen molar-refractivity contribution in [3.63, 3.8) is 0 Å². The number of sulfonamides is 1. The molecule has 0 amide bonds. The number of allylic oxidation sites excluding steroid dienone is 1. The number of unbranched alkanes of at least 4 members (excludes halogenated alkanes) is 7. The molecule has 1 N–H and O–H groups in total. The summed E-state index contributed by atoms with van der Waals surface area (Å²) < 4.78 is 51.3. The second-order valence-corrected chi connectivity index (χ2v) is 36.8. The molecular weight excluding hydrogens is 739 g/mol. The van der Waals surface area contributed by atoms with E-state index in [0.717, 1.165) is 18.4 Å². The van der Waals surface area contributed by atoms with Crippen LogP contribution in [0.2, 0.25) is 54.4 Å². The first-order chi connectivity index (χ1) is 24.5. The van der Waals surface area contributed by atoms with Gasteiger partial charge >= 0.3 is 0 Å². The molecule has 10 heteroatoms. The standard InChI is InChI=1S/C44H87NO5SSi3/c1-19-37(3)40(49-53(15,16)43(7,8)9)29-27-25-23-21-20-22-24-26-28-30-41(50-54(17,18)44(10,11)12)39(35-48-52(13,14)42(4,5)6)45-51(46,47)38-33-31-36(2)32-34-38/h28,30-34,37,39-41,45H,19-27,29,35H2,1-18H3/b30-28+/t37-,39-,40+,41+/m0/s1. The minimum absolute atomic E-state index is 0.00580. The van der Waals surface area contributed by atoms with Gasteiger partial charge in [-0.2, -0.15) is 0 Å². The summed E-state index contributed by atoms with van der Waals surface area (Å²) in [5.74, 6) is 0.604. The largest absolute Gasteiger partial charge is 0.415 e. The Balaban J connectivity index is 2.97. The summed E-state index contributed by atoms with van der Waals surface area (Å²) in [6.07, 6.45) is 16.2. The molecule has 0 bridgehead atoms. The van der Waals surface area contributed by atoms with Crippen LogP contribution in [0.4, 0.5) is 0 Å². The van der Waals surface area contributed by atoms with Crippen LogP contribution in [0.3, 0.4) is 0 Å². The highest BCUT2D eigenvalue weighted by molar-refractivity contribution is 7.89. The van der Waals surface area contributed by atoms with Gasteiger partial charge in [0.2, 0.25) is 10.0 Å². The van der Waals surface area contributed by atoms with Crippen molar-refractivity contribution in [2.75, 3.05) is 6.61 Å². The lowest BCUT2D eigenvalue weighted by atomic mass is 9.96. The number of rotatable bonds is 24. The van der Waals surface area contributed by atoms with E-state index in [0.29, 0.717) is 12.0 Å². The maximum Gasteiger partial charge on any atom is 0.240 e. The van der Waals surface area contributed by atoms with E-state index in [1.165, 1.54) is 51.4 Å². The molecule has 316 valence electrons. The molecule has 0 spiro atoms. The fourth-order valence-corrected chi connectivity index (χ4v) is 10.5. The van der Waals surface area contributed by atoms with Crippen molar-refractivity contribution in [2.45, 2.75) is 225 Å². The molecular formula is C44H87NO5SSi3. The number of benzene rings is 1. The molecule has 0 aliphatic heterocycles. The lowest BCUT2D eigenvalue weighted by Gasteiger charge is -2.42. The van der Waals surface area contributed by atoms with E-state index in [2.05, 4.69) is 132 Å². The maximum absolute atomic E-state index is 13.8.